The van der Waals surface area contributed by atoms with Crippen LogP contribution in [-0.4, -0.2) is 22.6 Å². The largest absolute Gasteiger partial charge is 0.454 e. The fraction of sp³-hybridized carbons (Fsp3) is 0.182. The Morgan fingerprint density at radius 1 is 1.21 bits per heavy atom. The Kier molecular flexibility index (Phi) is 4.85. The fourth-order valence-corrected chi connectivity index (χ4v) is 3.12. The van der Waals surface area contributed by atoms with E-state index in [-0.39, 0.29) is 6.79 Å². The number of imidazole rings is 1. The van der Waals surface area contributed by atoms with Gasteiger partial charge in [0.2, 0.25) is 6.79 Å². The molecule has 2 aromatic carbocycles. The SMILES string of the molecule is C=c1ccc(-c2ccc3c(c2)OCO3)c/c1=C(/N=C\C)NCc1cncn1C. The summed E-state index contributed by atoms with van der Waals surface area (Å²) in [4.78, 5) is 8.70. The lowest BCUT2D eigenvalue weighted by molar-refractivity contribution is 0.174. The standard InChI is InChI=1S/C22H22N4O2/c1-4-24-22(25-12-18-11-23-13-26(18)3)19-9-16(6-5-15(19)2)17-7-8-20-21(10-17)28-14-27-20/h4-11,13,25H,2,12,14H2,1,3H3/b22-19+,24-4-. The highest BCUT2D eigenvalue weighted by molar-refractivity contribution is 5.69. The molecule has 0 spiro atoms. The van der Waals surface area contributed by atoms with Gasteiger partial charge in [-0.05, 0) is 41.5 Å². The first-order valence-electron chi connectivity index (χ1n) is 9.07. The first-order valence-corrected chi connectivity index (χ1v) is 9.07. The normalized spacial score (nSPS) is 13.8. The molecule has 0 amide bonds. The molecule has 0 saturated carbocycles. The number of hydrogen-bond acceptors (Lipinski definition) is 5. The van der Waals surface area contributed by atoms with Gasteiger partial charge in [0.05, 0.1) is 18.6 Å². The van der Waals surface area contributed by atoms with Crippen molar-refractivity contribution in [2.45, 2.75) is 13.5 Å². The van der Waals surface area contributed by atoms with Crippen molar-refractivity contribution in [1.29, 1.82) is 0 Å². The number of aryl methyl sites for hydroxylation is 1. The topological polar surface area (TPSA) is 60.7 Å². The predicted molar refractivity (Wildman–Crippen MR) is 110 cm³/mol. The van der Waals surface area contributed by atoms with Gasteiger partial charge in [-0.25, -0.2) is 9.98 Å². The number of hydrogen-bond donors (Lipinski definition) is 1. The summed E-state index contributed by atoms with van der Waals surface area (Å²) in [6.45, 7) is 6.97. The van der Waals surface area contributed by atoms with Crippen LogP contribution >= 0.6 is 0 Å². The van der Waals surface area contributed by atoms with E-state index < -0.39 is 0 Å². The molecule has 0 radical (unpaired) electrons. The van der Waals surface area contributed by atoms with Crippen LogP contribution in [0.3, 0.4) is 0 Å². The quantitative estimate of drug-likeness (QED) is 0.696. The number of aromatic nitrogens is 2. The number of fused-ring (bicyclic) bond motifs is 1. The molecule has 0 atom stereocenters. The van der Waals surface area contributed by atoms with Gasteiger partial charge in [0.1, 0.15) is 5.82 Å². The van der Waals surface area contributed by atoms with Crippen molar-refractivity contribution in [3.63, 3.8) is 0 Å². The highest BCUT2D eigenvalue weighted by atomic mass is 16.7. The molecule has 0 fully saturated rings. The Labute approximate surface area is 163 Å². The van der Waals surface area contributed by atoms with Crippen LogP contribution < -0.4 is 25.2 Å². The number of rotatable bonds is 5. The molecular formula is C22H22N4O2. The smallest absolute Gasteiger partial charge is 0.231 e. The molecule has 6 heteroatoms. The lowest BCUT2D eigenvalue weighted by Gasteiger charge is -2.09. The van der Waals surface area contributed by atoms with E-state index in [4.69, 9.17) is 9.47 Å². The lowest BCUT2D eigenvalue weighted by Crippen LogP contribution is -2.30. The van der Waals surface area contributed by atoms with Gasteiger partial charge in [-0.2, -0.15) is 0 Å². The van der Waals surface area contributed by atoms with Crippen molar-refractivity contribution >= 4 is 18.6 Å². The Bertz CT molecular complexity index is 1150. The van der Waals surface area contributed by atoms with Crippen LogP contribution in [0.5, 0.6) is 11.5 Å². The number of ether oxygens (including phenoxy) is 2. The van der Waals surface area contributed by atoms with Crippen LogP contribution in [-0.2, 0) is 13.6 Å². The van der Waals surface area contributed by atoms with Crippen molar-refractivity contribution in [2.75, 3.05) is 6.79 Å². The van der Waals surface area contributed by atoms with Gasteiger partial charge in [0.25, 0.3) is 0 Å². The molecule has 1 aromatic heterocycles. The van der Waals surface area contributed by atoms with Crippen LogP contribution in [0.1, 0.15) is 12.6 Å². The molecule has 28 heavy (non-hydrogen) atoms. The van der Waals surface area contributed by atoms with E-state index in [2.05, 4.69) is 34.0 Å². The van der Waals surface area contributed by atoms with Crippen molar-refractivity contribution < 1.29 is 9.47 Å². The van der Waals surface area contributed by atoms with Gasteiger partial charge in [-0.15, -0.1) is 0 Å². The Hall–Kier alpha value is -3.54. The number of nitrogens with zero attached hydrogens (tertiary/aromatic N) is 3. The second kappa shape index (κ2) is 7.60. The molecular weight excluding hydrogens is 352 g/mol. The van der Waals surface area contributed by atoms with E-state index in [0.717, 1.165) is 44.6 Å². The highest BCUT2D eigenvalue weighted by Crippen LogP contribution is 2.35. The maximum absolute atomic E-state index is 5.51. The Morgan fingerprint density at radius 2 is 2.00 bits per heavy atom. The molecule has 1 N–H and O–H groups in total. The molecule has 6 nitrogen and oxygen atoms in total. The molecule has 4 rings (SSSR count). The van der Waals surface area contributed by atoms with E-state index in [1.54, 1.807) is 12.5 Å². The zero-order valence-corrected chi connectivity index (χ0v) is 16.0. The molecule has 1 aliphatic rings. The first-order chi connectivity index (χ1) is 13.7. The summed E-state index contributed by atoms with van der Waals surface area (Å²) in [6.07, 6.45) is 5.40. The third kappa shape index (κ3) is 3.49. The summed E-state index contributed by atoms with van der Waals surface area (Å²) in [6, 6.07) is 12.1. The van der Waals surface area contributed by atoms with Gasteiger partial charge in [-0.3, -0.25) is 0 Å². The second-order valence-corrected chi connectivity index (χ2v) is 6.53. The molecule has 0 aliphatic carbocycles. The highest BCUT2D eigenvalue weighted by Gasteiger charge is 2.14. The number of aliphatic imine (C=N–C) groups is 1. The predicted octanol–water partition coefficient (Wildman–Crippen LogP) is 2.17. The summed E-state index contributed by atoms with van der Waals surface area (Å²) in [5, 5.41) is 5.27. The molecule has 0 bridgehead atoms. The fourth-order valence-electron chi connectivity index (χ4n) is 3.12. The van der Waals surface area contributed by atoms with Crippen LogP contribution in [0.4, 0.5) is 0 Å². The van der Waals surface area contributed by atoms with Crippen molar-refractivity contribution in [2.24, 2.45) is 12.0 Å². The third-order valence-corrected chi connectivity index (χ3v) is 4.68. The van der Waals surface area contributed by atoms with Crippen molar-refractivity contribution in [3.8, 4) is 22.6 Å². The summed E-state index contributed by atoms with van der Waals surface area (Å²) >= 11 is 0. The van der Waals surface area contributed by atoms with E-state index in [0.29, 0.717) is 6.54 Å². The van der Waals surface area contributed by atoms with Gasteiger partial charge in [0.15, 0.2) is 11.5 Å². The molecule has 2 heterocycles. The number of nitrogens with one attached hydrogen (secondary N) is 1. The molecule has 3 aromatic rings. The maximum Gasteiger partial charge on any atom is 0.231 e. The molecule has 0 unspecified atom stereocenters. The van der Waals surface area contributed by atoms with Crippen LogP contribution in [0, 0.1) is 0 Å². The average molecular weight is 374 g/mol. The van der Waals surface area contributed by atoms with Gasteiger partial charge >= 0.3 is 0 Å². The van der Waals surface area contributed by atoms with Crippen molar-refractivity contribution in [1.82, 2.24) is 14.9 Å². The minimum absolute atomic E-state index is 0.267. The first kappa shape index (κ1) is 17.9. The minimum atomic E-state index is 0.267. The minimum Gasteiger partial charge on any atom is -0.454 e. The summed E-state index contributed by atoms with van der Waals surface area (Å²) in [7, 11) is 1.97. The summed E-state index contributed by atoms with van der Waals surface area (Å²) in [5.74, 6) is 2.32. The second-order valence-electron chi connectivity index (χ2n) is 6.53. The molecule has 1 aliphatic heterocycles. The van der Waals surface area contributed by atoms with Gasteiger partial charge in [-0.1, -0.05) is 24.8 Å². The molecule has 142 valence electrons. The Morgan fingerprint density at radius 3 is 2.79 bits per heavy atom. The number of benzene rings is 2. The van der Waals surface area contributed by atoms with E-state index in [1.165, 1.54) is 0 Å². The zero-order chi connectivity index (χ0) is 19.5. The van der Waals surface area contributed by atoms with Crippen molar-refractivity contribution in [3.05, 3.63) is 65.1 Å². The van der Waals surface area contributed by atoms with E-state index in [9.17, 15) is 0 Å². The summed E-state index contributed by atoms with van der Waals surface area (Å²) < 4.78 is 12.9. The Balaban J connectivity index is 1.74. The van der Waals surface area contributed by atoms with Crippen LogP contribution in [0.2, 0.25) is 0 Å². The maximum atomic E-state index is 5.51. The monoisotopic (exact) mass is 374 g/mol. The lowest BCUT2D eigenvalue weighted by atomic mass is 10.0. The van der Waals surface area contributed by atoms with Crippen LogP contribution in [0.25, 0.3) is 23.5 Å². The van der Waals surface area contributed by atoms with Gasteiger partial charge in [0, 0.05) is 24.7 Å². The third-order valence-electron chi connectivity index (χ3n) is 4.68. The van der Waals surface area contributed by atoms with Gasteiger partial charge < -0.3 is 19.4 Å². The average Bonchev–Trinajstić information content (AvgIpc) is 3.33. The van der Waals surface area contributed by atoms with E-state index in [1.807, 2.05) is 49.0 Å². The summed E-state index contributed by atoms with van der Waals surface area (Å²) in [5.41, 5.74) is 3.19. The van der Waals surface area contributed by atoms with Crippen LogP contribution in [0.15, 0.2) is 53.9 Å². The zero-order valence-electron chi connectivity index (χ0n) is 16.0. The molecule has 0 saturated heterocycles. The van der Waals surface area contributed by atoms with E-state index >= 15 is 0 Å².